The monoisotopic (exact) mass is 793 g/mol. The molecule has 61 heavy (non-hydrogen) atoms. The molecular formula is C60H59N. The number of nitrogens with zero attached hydrogens (tertiary/aromatic N) is 1. The molecular weight excluding hydrogens is 735 g/mol. The van der Waals surface area contributed by atoms with E-state index in [2.05, 4.69) is 189 Å². The molecule has 304 valence electrons. The third-order valence-corrected chi connectivity index (χ3v) is 13.2. The molecule has 4 unspecified atom stereocenters. The molecule has 0 heterocycles. The van der Waals surface area contributed by atoms with Crippen molar-refractivity contribution in [2.75, 3.05) is 0 Å². The Hall–Kier alpha value is -6.31. The highest BCUT2D eigenvalue weighted by Gasteiger charge is 2.52. The lowest BCUT2D eigenvalue weighted by atomic mass is 9.60. The Kier molecular flexibility index (Phi) is 12.3. The predicted octanol–water partition coefficient (Wildman–Crippen LogP) is 16.3. The summed E-state index contributed by atoms with van der Waals surface area (Å²) in [4.78, 5) is 5.11. The number of hydrogen-bond acceptors (Lipinski definition) is 1. The first kappa shape index (κ1) is 41.4. The van der Waals surface area contributed by atoms with Crippen LogP contribution in [-0.2, 0) is 10.8 Å². The summed E-state index contributed by atoms with van der Waals surface area (Å²) in [7, 11) is 0. The summed E-state index contributed by atoms with van der Waals surface area (Å²) in [6.45, 7) is 14.2. The van der Waals surface area contributed by atoms with Crippen molar-refractivity contribution in [1.82, 2.24) is 0 Å². The smallest absolute Gasteiger partial charge is 0.0701 e. The molecule has 5 aliphatic carbocycles. The minimum Gasteiger partial charge on any atom is -0.265 e. The van der Waals surface area contributed by atoms with Crippen molar-refractivity contribution in [3.8, 4) is 44.5 Å². The Morgan fingerprint density at radius 1 is 0.574 bits per heavy atom. The first-order chi connectivity index (χ1) is 30.2. The summed E-state index contributed by atoms with van der Waals surface area (Å²) < 4.78 is 0. The van der Waals surface area contributed by atoms with Crippen LogP contribution in [0.3, 0.4) is 0 Å². The summed E-state index contributed by atoms with van der Waals surface area (Å²) in [6.07, 6.45) is 35.4. The number of rotatable bonds is 8. The highest BCUT2D eigenvalue weighted by atomic mass is 14.8. The van der Waals surface area contributed by atoms with Gasteiger partial charge in [0.1, 0.15) is 0 Å². The predicted molar refractivity (Wildman–Crippen MR) is 264 cm³/mol. The van der Waals surface area contributed by atoms with Crippen molar-refractivity contribution >= 4 is 6.21 Å². The van der Waals surface area contributed by atoms with Gasteiger partial charge in [-0.15, -0.1) is 0 Å². The normalized spacial score (nSPS) is 22.6. The van der Waals surface area contributed by atoms with E-state index in [1.807, 2.05) is 46.9 Å². The Bertz CT molecular complexity index is 2690. The molecule has 0 N–H and O–H groups in total. The van der Waals surface area contributed by atoms with Gasteiger partial charge < -0.3 is 0 Å². The summed E-state index contributed by atoms with van der Waals surface area (Å²) in [5, 5.41) is 0. The quantitative estimate of drug-likeness (QED) is 0.110. The maximum Gasteiger partial charge on any atom is 0.0701 e. The van der Waals surface area contributed by atoms with E-state index in [4.69, 9.17) is 4.99 Å². The van der Waals surface area contributed by atoms with Gasteiger partial charge in [-0.3, -0.25) is 4.99 Å². The van der Waals surface area contributed by atoms with Gasteiger partial charge in [0, 0.05) is 11.6 Å². The van der Waals surface area contributed by atoms with Gasteiger partial charge in [-0.2, -0.15) is 0 Å². The average molecular weight is 794 g/mol. The molecule has 5 aromatic rings. The van der Waals surface area contributed by atoms with Crippen molar-refractivity contribution in [1.29, 1.82) is 0 Å². The van der Waals surface area contributed by atoms with E-state index in [0.29, 0.717) is 5.92 Å². The Morgan fingerprint density at radius 2 is 1.15 bits per heavy atom. The molecule has 0 spiro atoms. The van der Waals surface area contributed by atoms with Crippen LogP contribution in [0, 0.1) is 11.8 Å². The molecule has 5 aliphatic rings. The number of hydrogen-bond donors (Lipinski definition) is 0. The third kappa shape index (κ3) is 6.76. The van der Waals surface area contributed by atoms with E-state index in [1.165, 1.54) is 72.3 Å². The molecule has 0 amide bonds. The molecule has 1 heteroatoms. The Balaban J connectivity index is 0.00000125. The topological polar surface area (TPSA) is 12.4 Å². The molecule has 5 aromatic carbocycles. The third-order valence-electron chi connectivity index (χ3n) is 13.2. The fourth-order valence-electron chi connectivity index (χ4n) is 11.0. The van der Waals surface area contributed by atoms with Crippen molar-refractivity contribution in [3.63, 3.8) is 0 Å². The summed E-state index contributed by atoms with van der Waals surface area (Å²) in [5.41, 5.74) is 17.6. The fraction of sp³-hybridized carbons (Fsp3) is 0.217. The van der Waals surface area contributed by atoms with Gasteiger partial charge in [0.15, 0.2) is 0 Å². The van der Waals surface area contributed by atoms with Gasteiger partial charge in [0.2, 0.25) is 0 Å². The van der Waals surface area contributed by atoms with E-state index < -0.39 is 5.41 Å². The molecule has 0 aliphatic heterocycles. The second-order valence-electron chi connectivity index (χ2n) is 16.0. The first-order valence-electron chi connectivity index (χ1n) is 22.6. The van der Waals surface area contributed by atoms with Gasteiger partial charge in [0.25, 0.3) is 0 Å². The minimum atomic E-state index is -0.467. The molecule has 0 saturated heterocycles. The molecule has 1 nitrogen and oxygen atoms in total. The largest absolute Gasteiger partial charge is 0.265 e. The fourth-order valence-corrected chi connectivity index (χ4v) is 11.0. The molecule has 0 fully saturated rings. The highest BCUT2D eigenvalue weighted by Crippen LogP contribution is 2.61. The number of allylic oxidation sites excluding steroid dienone is 15. The van der Waals surface area contributed by atoms with Crippen LogP contribution in [0.5, 0.6) is 0 Å². The lowest BCUT2D eigenvalue weighted by Gasteiger charge is -2.42. The van der Waals surface area contributed by atoms with Gasteiger partial charge in [-0.1, -0.05) is 204 Å². The summed E-state index contributed by atoms with van der Waals surface area (Å²) in [5.74, 6) is 0.535. The van der Waals surface area contributed by atoms with E-state index in [-0.39, 0.29) is 11.3 Å². The van der Waals surface area contributed by atoms with Crippen LogP contribution >= 0.6 is 0 Å². The van der Waals surface area contributed by atoms with Crippen LogP contribution in [0.25, 0.3) is 44.5 Å². The van der Waals surface area contributed by atoms with Crippen LogP contribution < -0.4 is 0 Å². The second-order valence-corrected chi connectivity index (χ2v) is 16.0. The molecule has 0 saturated carbocycles. The van der Waals surface area contributed by atoms with E-state index in [0.717, 1.165) is 31.4 Å². The van der Waals surface area contributed by atoms with Gasteiger partial charge in [0.05, 0.1) is 11.1 Å². The van der Waals surface area contributed by atoms with Gasteiger partial charge in [-0.25, -0.2) is 0 Å². The zero-order valence-corrected chi connectivity index (χ0v) is 36.6. The zero-order chi connectivity index (χ0) is 42.4. The molecule has 0 aromatic heterocycles. The minimum absolute atomic E-state index is 0.196. The van der Waals surface area contributed by atoms with Crippen LogP contribution in [0.15, 0.2) is 211 Å². The van der Waals surface area contributed by atoms with E-state index in [9.17, 15) is 0 Å². The van der Waals surface area contributed by atoms with E-state index in [1.54, 1.807) is 0 Å². The Labute approximate surface area is 365 Å². The van der Waals surface area contributed by atoms with Crippen molar-refractivity contribution in [3.05, 3.63) is 228 Å². The maximum absolute atomic E-state index is 5.11. The lowest BCUT2D eigenvalue weighted by molar-refractivity contribution is 0.435. The van der Waals surface area contributed by atoms with Gasteiger partial charge >= 0.3 is 0 Å². The molecule has 10 rings (SSSR count). The molecule has 0 radical (unpaired) electrons. The van der Waals surface area contributed by atoms with Crippen LogP contribution in [-0.4, -0.2) is 6.21 Å². The second kappa shape index (κ2) is 18.1. The van der Waals surface area contributed by atoms with E-state index >= 15 is 0 Å². The van der Waals surface area contributed by atoms with Crippen molar-refractivity contribution in [2.45, 2.75) is 71.1 Å². The van der Waals surface area contributed by atoms with Gasteiger partial charge in [-0.05, 0) is 135 Å². The Morgan fingerprint density at radius 3 is 1.75 bits per heavy atom. The lowest BCUT2D eigenvalue weighted by Crippen LogP contribution is -2.36. The van der Waals surface area contributed by atoms with Crippen LogP contribution in [0.4, 0.5) is 0 Å². The highest BCUT2D eigenvalue weighted by molar-refractivity contribution is 5.89. The SMILES string of the molecule is C=C/C=C(\N=CC)C1(C2C=CC=CC2)c2ccccc2-c2ccc(-c3cccc(-c4ccc5c(c4)C(C4=CC=CCC4)(C4C=CC=CC4)c4ccccc4-5)c3)cc21.CC.CC. The number of aliphatic imine (C=N–C) groups is 1. The van der Waals surface area contributed by atoms with Crippen molar-refractivity contribution in [2.24, 2.45) is 16.8 Å². The number of fused-ring (bicyclic) bond motifs is 6. The zero-order valence-electron chi connectivity index (χ0n) is 36.6. The summed E-state index contributed by atoms with van der Waals surface area (Å²) in [6, 6.07) is 41.7. The molecule has 4 atom stereocenters. The average Bonchev–Trinajstić information content (AvgIpc) is 3.81. The standard InChI is InChI=1S/C56H47N.2C2H6/c1-3-19-54(57-4-2)56(45-26-12-7-13-27-45)51-31-17-15-29-47(51)49-35-33-42(38-53(49)56)40-21-18-20-39(36-40)41-32-34-48-46-28-14-16-30-50(46)55(52(48)37-41,43-22-8-5-9-23-43)44-24-10-6-11-25-44;2*1-2/h3-10,12-22,24,26,28-38,43,45H,1,11,23,25,27H2,2H3;2*1-2H3/b54-19-,57-4?;;. The summed E-state index contributed by atoms with van der Waals surface area (Å²) >= 11 is 0. The van der Waals surface area contributed by atoms with Crippen LogP contribution in [0.1, 0.15) is 82.6 Å². The van der Waals surface area contributed by atoms with Crippen LogP contribution in [0.2, 0.25) is 0 Å². The maximum atomic E-state index is 5.11. The molecule has 0 bridgehead atoms. The first-order valence-corrected chi connectivity index (χ1v) is 22.6. The van der Waals surface area contributed by atoms with Crippen molar-refractivity contribution < 1.29 is 0 Å². The number of benzene rings is 5.